The molecule has 0 atom stereocenters. The first-order chi connectivity index (χ1) is 14.6. The van der Waals surface area contributed by atoms with Gasteiger partial charge in [-0.15, -0.1) is 22.7 Å². The Morgan fingerprint density at radius 2 is 1.47 bits per heavy atom. The standard InChI is InChI=1S/C22H13N3O3S2/c23-13-15(11-17-5-3-9-29-17)21(26)25-19-7-1-2-8-20(19)28-22(27)16(14-24)12-18-6-4-10-30-18/h1-12H,(H,25,26)/b15-11+,16-12+. The second-order valence-electron chi connectivity index (χ2n) is 5.71. The second kappa shape index (κ2) is 9.99. The Morgan fingerprint density at radius 3 is 2.03 bits per heavy atom. The Balaban J connectivity index is 1.79. The van der Waals surface area contributed by atoms with E-state index >= 15 is 0 Å². The summed E-state index contributed by atoms with van der Waals surface area (Å²) < 4.78 is 5.33. The van der Waals surface area contributed by atoms with E-state index in [0.717, 1.165) is 9.75 Å². The fourth-order valence-electron chi connectivity index (χ4n) is 2.32. The number of thiophene rings is 2. The van der Waals surface area contributed by atoms with Gasteiger partial charge in [-0.25, -0.2) is 4.79 Å². The lowest BCUT2D eigenvalue weighted by Gasteiger charge is -2.10. The quantitative estimate of drug-likeness (QED) is 0.260. The van der Waals surface area contributed by atoms with Gasteiger partial charge in [-0.2, -0.15) is 10.5 Å². The van der Waals surface area contributed by atoms with E-state index < -0.39 is 11.9 Å². The van der Waals surface area contributed by atoms with E-state index in [1.165, 1.54) is 47.0 Å². The fourth-order valence-corrected chi connectivity index (χ4v) is 3.63. The van der Waals surface area contributed by atoms with Gasteiger partial charge in [-0.05, 0) is 47.2 Å². The molecular weight excluding hydrogens is 418 g/mol. The van der Waals surface area contributed by atoms with Crippen molar-refractivity contribution >= 4 is 52.4 Å². The van der Waals surface area contributed by atoms with Crippen molar-refractivity contribution in [2.45, 2.75) is 0 Å². The Morgan fingerprint density at radius 1 is 0.867 bits per heavy atom. The van der Waals surface area contributed by atoms with Crippen LogP contribution in [0.4, 0.5) is 5.69 Å². The third kappa shape index (κ3) is 5.30. The number of amides is 1. The number of hydrogen-bond acceptors (Lipinski definition) is 7. The smallest absolute Gasteiger partial charge is 0.354 e. The first kappa shape index (κ1) is 20.7. The number of esters is 1. The highest BCUT2D eigenvalue weighted by Gasteiger charge is 2.17. The van der Waals surface area contributed by atoms with Crippen LogP contribution >= 0.6 is 22.7 Å². The van der Waals surface area contributed by atoms with Crippen LogP contribution in [-0.2, 0) is 9.59 Å². The van der Waals surface area contributed by atoms with Crippen molar-refractivity contribution in [3.8, 4) is 17.9 Å². The van der Waals surface area contributed by atoms with Crippen molar-refractivity contribution in [2.24, 2.45) is 0 Å². The molecule has 8 heteroatoms. The van der Waals surface area contributed by atoms with E-state index in [-0.39, 0.29) is 22.6 Å². The molecule has 146 valence electrons. The minimum atomic E-state index is -0.845. The summed E-state index contributed by atoms with van der Waals surface area (Å²) in [6.45, 7) is 0. The van der Waals surface area contributed by atoms with Crippen molar-refractivity contribution in [3.05, 3.63) is 80.2 Å². The average Bonchev–Trinajstić information content (AvgIpc) is 3.45. The molecule has 0 spiro atoms. The summed E-state index contributed by atoms with van der Waals surface area (Å²) in [5.74, 6) is -1.41. The van der Waals surface area contributed by atoms with Gasteiger partial charge in [0.1, 0.15) is 23.3 Å². The van der Waals surface area contributed by atoms with Crippen LogP contribution in [0.2, 0.25) is 0 Å². The minimum absolute atomic E-state index is 0.0663. The van der Waals surface area contributed by atoms with Crippen molar-refractivity contribution in [2.75, 3.05) is 5.32 Å². The molecule has 2 heterocycles. The Labute approximate surface area is 180 Å². The van der Waals surface area contributed by atoms with E-state index in [9.17, 15) is 20.1 Å². The summed E-state index contributed by atoms with van der Waals surface area (Å²) in [7, 11) is 0. The number of carbonyl (C=O) groups is 2. The number of nitrogens with zero attached hydrogens (tertiary/aromatic N) is 2. The molecule has 1 aromatic carbocycles. The third-order valence-corrected chi connectivity index (χ3v) is 5.34. The normalized spacial score (nSPS) is 11.3. The number of ether oxygens (including phenoxy) is 1. The van der Waals surface area contributed by atoms with Gasteiger partial charge in [-0.3, -0.25) is 4.79 Å². The molecule has 0 aliphatic carbocycles. The number of nitriles is 2. The summed E-state index contributed by atoms with van der Waals surface area (Å²) in [5.41, 5.74) is -0.0561. The molecule has 0 aliphatic heterocycles. The Hall–Kier alpha value is -3.98. The molecule has 0 saturated carbocycles. The number of nitrogens with one attached hydrogen (secondary N) is 1. The summed E-state index contributed by atoms with van der Waals surface area (Å²) in [6, 6.07) is 17.2. The maximum absolute atomic E-state index is 12.5. The van der Waals surface area contributed by atoms with Crippen molar-refractivity contribution in [1.29, 1.82) is 10.5 Å². The number of anilines is 1. The van der Waals surface area contributed by atoms with Gasteiger partial charge in [0.25, 0.3) is 5.91 Å². The van der Waals surface area contributed by atoms with E-state index in [4.69, 9.17) is 4.74 Å². The third-order valence-electron chi connectivity index (χ3n) is 3.70. The van der Waals surface area contributed by atoms with Crippen LogP contribution in [-0.4, -0.2) is 11.9 Å². The van der Waals surface area contributed by atoms with Gasteiger partial charge in [-0.1, -0.05) is 24.3 Å². The molecule has 0 bridgehead atoms. The molecule has 0 aliphatic rings. The van der Waals surface area contributed by atoms with Gasteiger partial charge in [0.05, 0.1) is 5.69 Å². The molecule has 0 radical (unpaired) electrons. The lowest BCUT2D eigenvalue weighted by atomic mass is 10.2. The van der Waals surface area contributed by atoms with Gasteiger partial charge in [0.2, 0.25) is 0 Å². The summed E-state index contributed by atoms with van der Waals surface area (Å²) in [4.78, 5) is 26.4. The fraction of sp³-hybridized carbons (Fsp3) is 0. The largest absolute Gasteiger partial charge is 0.420 e. The summed E-state index contributed by atoms with van der Waals surface area (Å²) in [6.07, 6.45) is 2.91. The maximum atomic E-state index is 12.5. The van der Waals surface area contributed by atoms with Crippen molar-refractivity contribution in [1.82, 2.24) is 0 Å². The van der Waals surface area contributed by atoms with E-state index in [0.29, 0.717) is 0 Å². The minimum Gasteiger partial charge on any atom is -0.420 e. The van der Waals surface area contributed by atoms with Crippen LogP contribution in [0.3, 0.4) is 0 Å². The van der Waals surface area contributed by atoms with E-state index in [1.54, 1.807) is 30.3 Å². The lowest BCUT2D eigenvalue weighted by molar-refractivity contribution is -0.129. The van der Waals surface area contributed by atoms with Crippen molar-refractivity contribution < 1.29 is 14.3 Å². The Bertz CT molecular complexity index is 1100. The molecule has 0 saturated heterocycles. The highest BCUT2D eigenvalue weighted by Crippen LogP contribution is 2.26. The zero-order valence-corrected chi connectivity index (χ0v) is 17.0. The van der Waals surface area contributed by atoms with Gasteiger partial charge in [0, 0.05) is 9.75 Å². The maximum Gasteiger partial charge on any atom is 0.354 e. The molecule has 1 N–H and O–H groups in total. The highest BCUT2D eigenvalue weighted by molar-refractivity contribution is 7.11. The molecule has 3 rings (SSSR count). The predicted octanol–water partition coefficient (Wildman–Crippen LogP) is 4.87. The number of hydrogen-bond donors (Lipinski definition) is 1. The topological polar surface area (TPSA) is 103 Å². The SMILES string of the molecule is N#C/C(=C\c1cccs1)C(=O)Nc1ccccc1OC(=O)/C(C#N)=C/c1cccs1. The van der Waals surface area contributed by atoms with Crippen LogP contribution in [0.15, 0.2) is 70.4 Å². The van der Waals surface area contributed by atoms with Crippen LogP contribution in [0.25, 0.3) is 12.2 Å². The molecule has 30 heavy (non-hydrogen) atoms. The van der Waals surface area contributed by atoms with Gasteiger partial charge in [0.15, 0.2) is 5.75 Å². The number of rotatable bonds is 6. The first-order valence-electron chi connectivity index (χ1n) is 8.54. The molecule has 1 amide bonds. The Kier molecular flexibility index (Phi) is 6.91. The monoisotopic (exact) mass is 431 g/mol. The molecule has 6 nitrogen and oxygen atoms in total. The molecule has 2 aromatic heterocycles. The zero-order valence-electron chi connectivity index (χ0n) is 15.4. The predicted molar refractivity (Wildman–Crippen MR) is 117 cm³/mol. The molecule has 0 unspecified atom stereocenters. The second-order valence-corrected chi connectivity index (χ2v) is 7.67. The number of benzene rings is 1. The number of carbonyl (C=O) groups excluding carboxylic acids is 2. The van der Waals surface area contributed by atoms with E-state index in [1.807, 2.05) is 29.0 Å². The van der Waals surface area contributed by atoms with Crippen LogP contribution in [0.5, 0.6) is 5.75 Å². The van der Waals surface area contributed by atoms with Crippen LogP contribution in [0, 0.1) is 22.7 Å². The molecule has 0 fully saturated rings. The summed E-state index contributed by atoms with van der Waals surface area (Å²) in [5, 5.41) is 24.8. The molecule has 3 aromatic rings. The van der Waals surface area contributed by atoms with Gasteiger partial charge < -0.3 is 10.1 Å². The van der Waals surface area contributed by atoms with Gasteiger partial charge >= 0.3 is 5.97 Å². The number of para-hydroxylation sites is 2. The lowest BCUT2D eigenvalue weighted by Crippen LogP contribution is -2.16. The van der Waals surface area contributed by atoms with Crippen molar-refractivity contribution in [3.63, 3.8) is 0 Å². The average molecular weight is 431 g/mol. The molecular formula is C22H13N3O3S2. The zero-order chi connectivity index (χ0) is 21.3. The first-order valence-corrected chi connectivity index (χ1v) is 10.3. The summed E-state index contributed by atoms with van der Waals surface area (Å²) >= 11 is 2.78. The van der Waals surface area contributed by atoms with Crippen LogP contribution < -0.4 is 10.1 Å². The van der Waals surface area contributed by atoms with Crippen LogP contribution in [0.1, 0.15) is 9.75 Å². The van der Waals surface area contributed by atoms with E-state index in [2.05, 4.69) is 5.32 Å². The highest BCUT2D eigenvalue weighted by atomic mass is 32.1.